The van der Waals surface area contributed by atoms with Crippen LogP contribution in [0.25, 0.3) is 0 Å². The quantitative estimate of drug-likeness (QED) is 0.163. The Balaban J connectivity index is 1.22. The molecule has 6 nitrogen and oxygen atoms in total. The SMILES string of the molecule is Cc1cc2c(cc1C)COc1ccccc1C(=O)Nc1ccccc1SCc1ccc(cc1)CSc1ccccc1NC(=O)c1ccccc1OC2. The van der Waals surface area contributed by atoms with E-state index in [1.54, 1.807) is 35.7 Å². The van der Waals surface area contributed by atoms with E-state index in [2.05, 4.69) is 60.9 Å². The second kappa shape index (κ2) is 16.3. The summed E-state index contributed by atoms with van der Waals surface area (Å²) in [5.74, 6) is 1.98. The van der Waals surface area contributed by atoms with Gasteiger partial charge < -0.3 is 20.1 Å². The lowest BCUT2D eigenvalue weighted by molar-refractivity contribution is 0.101. The van der Waals surface area contributed by atoms with Gasteiger partial charge in [0.25, 0.3) is 11.8 Å². The number of carbonyl (C=O) groups is 2. The molecule has 0 fully saturated rings. The van der Waals surface area contributed by atoms with Crippen molar-refractivity contribution in [2.75, 3.05) is 10.6 Å². The summed E-state index contributed by atoms with van der Waals surface area (Å²) < 4.78 is 12.7. The maximum absolute atomic E-state index is 13.7. The first-order valence-corrected chi connectivity index (χ1v) is 19.1. The van der Waals surface area contributed by atoms with Crippen LogP contribution in [0.3, 0.4) is 0 Å². The minimum atomic E-state index is -0.243. The van der Waals surface area contributed by atoms with Gasteiger partial charge in [-0.15, -0.1) is 23.5 Å². The summed E-state index contributed by atoms with van der Waals surface area (Å²) in [6, 6.07) is 43.1. The molecular formula is C44H38N2O4S2. The lowest BCUT2D eigenvalue weighted by Crippen LogP contribution is -2.15. The Morgan fingerprint density at radius 2 is 0.885 bits per heavy atom. The number of fused-ring (bicyclic) bond motifs is 8. The van der Waals surface area contributed by atoms with E-state index in [-0.39, 0.29) is 25.0 Å². The van der Waals surface area contributed by atoms with Crippen LogP contribution in [-0.2, 0) is 24.7 Å². The first-order valence-electron chi connectivity index (χ1n) is 17.1. The van der Waals surface area contributed by atoms with E-state index in [1.165, 1.54) is 11.1 Å². The van der Waals surface area contributed by atoms with Crippen molar-refractivity contribution >= 4 is 46.7 Å². The van der Waals surface area contributed by atoms with Crippen molar-refractivity contribution in [1.29, 1.82) is 0 Å². The third-order valence-electron chi connectivity index (χ3n) is 8.93. The number of hydrogen-bond donors (Lipinski definition) is 2. The first-order chi connectivity index (χ1) is 25.4. The smallest absolute Gasteiger partial charge is 0.259 e. The number of nitrogens with one attached hydrogen (secondary N) is 2. The van der Waals surface area contributed by atoms with Crippen molar-refractivity contribution in [3.8, 4) is 11.5 Å². The van der Waals surface area contributed by atoms with Crippen LogP contribution in [0.4, 0.5) is 11.4 Å². The molecule has 0 spiro atoms. The van der Waals surface area contributed by atoms with Crippen LogP contribution < -0.4 is 20.1 Å². The molecule has 52 heavy (non-hydrogen) atoms. The zero-order chi connectivity index (χ0) is 35.9. The minimum Gasteiger partial charge on any atom is -0.488 e. The number of ether oxygens (including phenoxy) is 2. The van der Waals surface area contributed by atoms with Gasteiger partial charge in [-0.25, -0.2) is 0 Å². The largest absolute Gasteiger partial charge is 0.488 e. The molecule has 8 rings (SSSR count). The Bertz CT molecular complexity index is 2080. The monoisotopic (exact) mass is 722 g/mol. The van der Waals surface area contributed by atoms with Crippen LogP contribution in [0.2, 0.25) is 0 Å². The predicted molar refractivity (Wildman–Crippen MR) is 212 cm³/mol. The number of amides is 2. The summed E-state index contributed by atoms with van der Waals surface area (Å²) >= 11 is 3.36. The second-order valence-corrected chi connectivity index (χ2v) is 14.6. The van der Waals surface area contributed by atoms with E-state index in [0.29, 0.717) is 22.6 Å². The van der Waals surface area contributed by atoms with E-state index in [9.17, 15) is 9.59 Å². The lowest BCUT2D eigenvalue weighted by Gasteiger charge is -2.18. The Morgan fingerprint density at radius 3 is 1.33 bits per heavy atom. The molecule has 2 bridgehead atoms. The van der Waals surface area contributed by atoms with Crippen molar-refractivity contribution in [2.24, 2.45) is 0 Å². The molecule has 2 amide bonds. The summed E-state index contributed by atoms with van der Waals surface area (Å²) in [7, 11) is 0. The van der Waals surface area contributed by atoms with E-state index in [0.717, 1.165) is 54.9 Å². The molecule has 0 aromatic heterocycles. The Hall–Kier alpha value is -5.44. The summed E-state index contributed by atoms with van der Waals surface area (Å²) in [5, 5.41) is 6.27. The minimum absolute atomic E-state index is 0.228. The molecule has 2 aliphatic rings. The number of rotatable bonds is 0. The summed E-state index contributed by atoms with van der Waals surface area (Å²) in [6.07, 6.45) is 0. The van der Waals surface area contributed by atoms with E-state index < -0.39 is 0 Å². The van der Waals surface area contributed by atoms with Crippen LogP contribution in [0.1, 0.15) is 54.1 Å². The molecule has 0 saturated carbocycles. The van der Waals surface area contributed by atoms with Gasteiger partial charge in [-0.3, -0.25) is 9.59 Å². The van der Waals surface area contributed by atoms with Crippen molar-refractivity contribution in [2.45, 2.75) is 48.4 Å². The molecule has 2 heterocycles. The van der Waals surface area contributed by atoms with Crippen molar-refractivity contribution < 1.29 is 19.1 Å². The fourth-order valence-electron chi connectivity index (χ4n) is 5.90. The fraction of sp³-hybridized carbons (Fsp3) is 0.136. The van der Waals surface area contributed by atoms with Gasteiger partial charge in [0.2, 0.25) is 0 Å². The molecule has 0 aliphatic carbocycles. The van der Waals surface area contributed by atoms with Gasteiger partial charge in [-0.2, -0.15) is 0 Å². The van der Waals surface area contributed by atoms with E-state index >= 15 is 0 Å². The Morgan fingerprint density at radius 1 is 0.500 bits per heavy atom. The highest BCUT2D eigenvalue weighted by Crippen LogP contribution is 2.34. The normalized spacial score (nSPS) is 13.8. The number of para-hydroxylation sites is 4. The number of benzene rings is 6. The number of thioether (sulfide) groups is 2. The molecule has 0 atom stereocenters. The summed E-state index contributed by atoms with van der Waals surface area (Å²) in [5.41, 5.74) is 8.86. The fourth-order valence-corrected chi connectivity index (χ4v) is 7.83. The van der Waals surface area contributed by atoms with Gasteiger partial charge in [0.1, 0.15) is 24.7 Å². The first kappa shape index (κ1) is 35.0. The molecule has 6 aromatic rings. The number of aryl methyl sites for hydroxylation is 2. The molecule has 2 N–H and O–H groups in total. The zero-order valence-electron chi connectivity index (χ0n) is 29.0. The highest BCUT2D eigenvalue weighted by atomic mass is 32.2. The topological polar surface area (TPSA) is 76.7 Å². The summed E-state index contributed by atoms with van der Waals surface area (Å²) in [6.45, 7) is 4.58. The van der Waals surface area contributed by atoms with E-state index in [1.807, 2.05) is 84.9 Å². The zero-order valence-corrected chi connectivity index (χ0v) is 30.6. The van der Waals surface area contributed by atoms with Crippen LogP contribution >= 0.6 is 23.5 Å². The maximum atomic E-state index is 13.7. The molecule has 6 aromatic carbocycles. The third-order valence-corrected chi connectivity index (χ3v) is 11.2. The number of hydrogen-bond acceptors (Lipinski definition) is 6. The molecule has 260 valence electrons. The predicted octanol–water partition coefficient (Wildman–Crippen LogP) is 10.9. The van der Waals surface area contributed by atoms with Gasteiger partial charge in [0.05, 0.1) is 22.5 Å². The summed E-state index contributed by atoms with van der Waals surface area (Å²) in [4.78, 5) is 29.4. The van der Waals surface area contributed by atoms with Gasteiger partial charge in [0, 0.05) is 21.3 Å². The average molecular weight is 723 g/mol. The third kappa shape index (κ3) is 8.36. The number of anilines is 2. The lowest BCUT2D eigenvalue weighted by atomic mass is 10.0. The van der Waals surface area contributed by atoms with Crippen molar-refractivity contribution in [3.63, 3.8) is 0 Å². The molecule has 0 unspecified atom stereocenters. The maximum Gasteiger partial charge on any atom is 0.259 e. The van der Waals surface area contributed by atoms with Crippen LogP contribution in [0, 0.1) is 13.8 Å². The average Bonchev–Trinajstić information content (AvgIpc) is 3.17. The Kier molecular flexibility index (Phi) is 10.9. The standard InChI is InChI=1S/C44H38N2O4S2/c1-29-23-33-25-49-39-15-7-3-11-35(39)43(47)45-37-13-5-9-17-41(37)51-27-31-19-21-32(22-20-31)28-52-42-18-10-6-14-38(42)46-44(48)36-12-4-8-16-40(36)50-26-34(33)24-30(29)2/h3-24H,25-28H2,1-2H3,(H,45,47)(H,46,48). The van der Waals surface area contributed by atoms with Crippen LogP contribution in [0.15, 0.2) is 143 Å². The molecule has 2 aliphatic heterocycles. The molecule has 0 saturated heterocycles. The van der Waals surface area contributed by atoms with Crippen LogP contribution in [-0.4, -0.2) is 11.8 Å². The van der Waals surface area contributed by atoms with Crippen LogP contribution in [0.5, 0.6) is 11.5 Å². The highest BCUT2D eigenvalue weighted by molar-refractivity contribution is 7.99. The second-order valence-electron chi connectivity index (χ2n) is 12.6. The molecule has 8 heteroatoms. The highest BCUT2D eigenvalue weighted by Gasteiger charge is 2.18. The van der Waals surface area contributed by atoms with Gasteiger partial charge in [-0.1, -0.05) is 84.9 Å². The van der Waals surface area contributed by atoms with Crippen molar-refractivity contribution in [3.05, 3.63) is 178 Å². The van der Waals surface area contributed by atoms with Gasteiger partial charge in [0.15, 0.2) is 0 Å². The number of carbonyl (C=O) groups excluding carboxylic acids is 2. The molecule has 0 radical (unpaired) electrons. The molecular weight excluding hydrogens is 685 g/mol. The van der Waals surface area contributed by atoms with Gasteiger partial charge in [-0.05, 0) is 95.8 Å². The van der Waals surface area contributed by atoms with Gasteiger partial charge >= 0.3 is 0 Å². The Labute approximate surface area is 313 Å². The van der Waals surface area contributed by atoms with E-state index in [4.69, 9.17) is 9.47 Å². The van der Waals surface area contributed by atoms with Crippen molar-refractivity contribution in [1.82, 2.24) is 0 Å².